The Kier molecular flexibility index (Phi) is 2.57. The van der Waals surface area contributed by atoms with Gasteiger partial charge in [-0.1, -0.05) is 12.1 Å². The summed E-state index contributed by atoms with van der Waals surface area (Å²) in [5.41, 5.74) is 3.75. The van der Waals surface area contributed by atoms with E-state index in [0.717, 1.165) is 6.42 Å². The number of thiazole rings is 1. The fraction of sp³-hybridized carbons (Fsp3) is 0.0909. The Hall–Kier alpha value is -1.66. The van der Waals surface area contributed by atoms with Crippen molar-refractivity contribution in [3.05, 3.63) is 52.0 Å². The van der Waals surface area contributed by atoms with Crippen molar-refractivity contribution >= 4 is 11.3 Å². The van der Waals surface area contributed by atoms with Crippen molar-refractivity contribution in [2.75, 3.05) is 0 Å². The molecule has 0 N–H and O–H groups in total. The maximum Gasteiger partial charge on any atom is 0.0991 e. The van der Waals surface area contributed by atoms with E-state index in [4.69, 9.17) is 5.26 Å². The average molecular weight is 200 g/mol. The minimum Gasteiger partial charge on any atom is -0.253 e. The number of nitrogens with zero attached hydrogens (tertiary/aromatic N) is 2. The van der Waals surface area contributed by atoms with Gasteiger partial charge >= 0.3 is 0 Å². The molecule has 0 atom stereocenters. The van der Waals surface area contributed by atoms with Gasteiger partial charge in [0.05, 0.1) is 17.1 Å². The molecule has 68 valence electrons. The van der Waals surface area contributed by atoms with E-state index in [2.05, 4.69) is 11.1 Å². The Morgan fingerprint density at radius 2 is 2.07 bits per heavy atom. The summed E-state index contributed by atoms with van der Waals surface area (Å²) in [6.07, 6.45) is 2.78. The van der Waals surface area contributed by atoms with E-state index >= 15 is 0 Å². The summed E-state index contributed by atoms with van der Waals surface area (Å²) < 4.78 is 0. The topological polar surface area (TPSA) is 36.7 Å². The highest BCUT2D eigenvalue weighted by Gasteiger charge is 1.97. The molecule has 0 radical (unpaired) electrons. The van der Waals surface area contributed by atoms with Gasteiger partial charge in [0.25, 0.3) is 0 Å². The first-order valence-electron chi connectivity index (χ1n) is 4.25. The Morgan fingerprint density at radius 3 is 2.64 bits per heavy atom. The van der Waals surface area contributed by atoms with Gasteiger partial charge in [-0.2, -0.15) is 5.26 Å². The van der Waals surface area contributed by atoms with Crippen molar-refractivity contribution in [3.8, 4) is 6.07 Å². The zero-order valence-electron chi connectivity index (χ0n) is 7.47. The summed E-state index contributed by atoms with van der Waals surface area (Å²) in [5.74, 6) is 0. The van der Waals surface area contributed by atoms with E-state index in [1.54, 1.807) is 11.3 Å². The van der Waals surface area contributed by atoms with E-state index in [9.17, 15) is 0 Å². The summed E-state index contributed by atoms with van der Waals surface area (Å²) >= 11 is 1.65. The van der Waals surface area contributed by atoms with Gasteiger partial charge in [0.15, 0.2) is 0 Å². The normalized spacial score (nSPS) is 9.64. The van der Waals surface area contributed by atoms with E-state index in [1.807, 2.05) is 36.0 Å². The highest BCUT2D eigenvalue weighted by atomic mass is 32.1. The number of hydrogen-bond acceptors (Lipinski definition) is 3. The molecule has 2 nitrogen and oxygen atoms in total. The molecule has 0 bridgehead atoms. The quantitative estimate of drug-likeness (QED) is 0.747. The van der Waals surface area contributed by atoms with Crippen LogP contribution in [0.25, 0.3) is 0 Å². The Bertz CT molecular complexity index is 437. The highest BCUT2D eigenvalue weighted by molar-refractivity contribution is 7.09. The Labute approximate surface area is 86.5 Å². The van der Waals surface area contributed by atoms with E-state index in [1.165, 1.54) is 10.4 Å². The van der Waals surface area contributed by atoms with Crippen LogP contribution in [0.4, 0.5) is 0 Å². The number of aromatic nitrogens is 1. The maximum absolute atomic E-state index is 8.63. The van der Waals surface area contributed by atoms with Crippen LogP contribution < -0.4 is 0 Å². The zero-order chi connectivity index (χ0) is 9.80. The Morgan fingerprint density at radius 1 is 1.29 bits per heavy atom. The lowest BCUT2D eigenvalue weighted by Gasteiger charge is -1.97. The van der Waals surface area contributed by atoms with Gasteiger partial charge in [-0.3, -0.25) is 4.98 Å². The third kappa shape index (κ3) is 1.98. The molecule has 0 fully saturated rings. The largest absolute Gasteiger partial charge is 0.253 e. The summed E-state index contributed by atoms with van der Waals surface area (Å²) in [6, 6.07) is 9.76. The van der Waals surface area contributed by atoms with Crippen LogP contribution in [0.15, 0.2) is 36.0 Å². The molecule has 0 aliphatic heterocycles. The average Bonchev–Trinajstić information content (AvgIpc) is 2.72. The van der Waals surface area contributed by atoms with Crippen molar-refractivity contribution in [1.29, 1.82) is 5.26 Å². The van der Waals surface area contributed by atoms with Crippen LogP contribution in [0.2, 0.25) is 0 Å². The molecule has 3 heteroatoms. The van der Waals surface area contributed by atoms with Crippen LogP contribution >= 0.6 is 11.3 Å². The maximum atomic E-state index is 8.63. The van der Waals surface area contributed by atoms with Gasteiger partial charge in [0.1, 0.15) is 0 Å². The zero-order valence-corrected chi connectivity index (χ0v) is 8.29. The lowest BCUT2D eigenvalue weighted by Crippen LogP contribution is -1.84. The molecule has 0 saturated carbocycles. The molecule has 2 aromatic rings. The molecule has 0 unspecified atom stereocenters. The van der Waals surface area contributed by atoms with Crippen molar-refractivity contribution in [2.24, 2.45) is 0 Å². The van der Waals surface area contributed by atoms with E-state index in [0.29, 0.717) is 5.56 Å². The minimum absolute atomic E-state index is 0.707. The van der Waals surface area contributed by atoms with Gasteiger partial charge < -0.3 is 0 Å². The molecule has 1 heterocycles. The molecule has 0 aliphatic rings. The van der Waals surface area contributed by atoms with Gasteiger partial charge in [-0.15, -0.1) is 11.3 Å². The van der Waals surface area contributed by atoms with Gasteiger partial charge in [-0.05, 0) is 17.7 Å². The Balaban J connectivity index is 2.15. The fourth-order valence-corrected chi connectivity index (χ4v) is 1.86. The van der Waals surface area contributed by atoms with Crippen LogP contribution in [0.1, 0.15) is 16.0 Å². The van der Waals surface area contributed by atoms with Crippen molar-refractivity contribution in [2.45, 2.75) is 6.42 Å². The summed E-state index contributed by atoms with van der Waals surface area (Å²) in [4.78, 5) is 5.26. The highest BCUT2D eigenvalue weighted by Crippen LogP contribution is 2.13. The molecule has 0 spiro atoms. The fourth-order valence-electron chi connectivity index (χ4n) is 1.23. The molecular weight excluding hydrogens is 192 g/mol. The first-order chi connectivity index (χ1) is 6.88. The van der Waals surface area contributed by atoms with Crippen LogP contribution in [0.5, 0.6) is 0 Å². The van der Waals surface area contributed by atoms with Crippen LogP contribution in [0, 0.1) is 11.3 Å². The molecular formula is C11H8N2S. The number of benzene rings is 1. The van der Waals surface area contributed by atoms with Crippen molar-refractivity contribution < 1.29 is 0 Å². The lowest BCUT2D eigenvalue weighted by atomic mass is 10.1. The molecule has 14 heavy (non-hydrogen) atoms. The molecule has 2 rings (SSSR count). The smallest absolute Gasteiger partial charge is 0.0991 e. The third-order valence-corrected chi connectivity index (χ3v) is 2.72. The van der Waals surface area contributed by atoms with Crippen LogP contribution in [0.3, 0.4) is 0 Å². The second-order valence-corrected chi connectivity index (χ2v) is 3.92. The predicted octanol–water partition coefficient (Wildman–Crippen LogP) is 2.61. The number of rotatable bonds is 2. The first kappa shape index (κ1) is 8.92. The number of hydrogen-bond donors (Lipinski definition) is 0. The van der Waals surface area contributed by atoms with Gasteiger partial charge in [0.2, 0.25) is 0 Å². The molecule has 0 saturated heterocycles. The lowest BCUT2D eigenvalue weighted by molar-refractivity contribution is 1.21. The molecule has 1 aromatic carbocycles. The summed E-state index contributed by atoms with van der Waals surface area (Å²) in [6.45, 7) is 0. The second kappa shape index (κ2) is 4.03. The molecule has 1 aromatic heterocycles. The summed E-state index contributed by atoms with van der Waals surface area (Å²) in [7, 11) is 0. The van der Waals surface area contributed by atoms with Crippen LogP contribution in [-0.4, -0.2) is 4.98 Å². The van der Waals surface area contributed by atoms with Gasteiger partial charge in [-0.25, -0.2) is 0 Å². The second-order valence-electron chi connectivity index (χ2n) is 2.95. The number of nitriles is 1. The SMILES string of the molecule is N#Cc1ccc(Cc2cncs2)cc1. The first-order valence-corrected chi connectivity index (χ1v) is 5.13. The van der Waals surface area contributed by atoms with Gasteiger partial charge in [0, 0.05) is 17.5 Å². The molecule has 0 amide bonds. The predicted molar refractivity (Wildman–Crippen MR) is 56.1 cm³/mol. The third-order valence-electron chi connectivity index (χ3n) is 1.94. The summed E-state index contributed by atoms with van der Waals surface area (Å²) in [5, 5.41) is 8.63. The standard InChI is InChI=1S/C11H8N2S/c12-6-10-3-1-9(2-4-10)5-11-7-13-8-14-11/h1-4,7-8H,5H2. The van der Waals surface area contributed by atoms with E-state index in [-0.39, 0.29) is 0 Å². The van der Waals surface area contributed by atoms with Crippen LogP contribution in [-0.2, 0) is 6.42 Å². The van der Waals surface area contributed by atoms with Crippen molar-refractivity contribution in [1.82, 2.24) is 4.98 Å². The van der Waals surface area contributed by atoms with Crippen molar-refractivity contribution in [3.63, 3.8) is 0 Å². The monoisotopic (exact) mass is 200 g/mol. The van der Waals surface area contributed by atoms with E-state index < -0.39 is 0 Å². The minimum atomic E-state index is 0.707. The molecule has 0 aliphatic carbocycles.